The van der Waals surface area contributed by atoms with E-state index in [4.69, 9.17) is 9.84 Å². The van der Waals surface area contributed by atoms with Crippen LogP contribution in [0.4, 0.5) is 0 Å². The quantitative estimate of drug-likeness (QED) is 0.749. The Morgan fingerprint density at radius 3 is 2.62 bits per heavy atom. The number of ether oxygens (including phenoxy) is 1. The molecule has 2 N–H and O–H groups in total. The molecule has 5 nitrogen and oxygen atoms in total. The molecule has 0 bridgehead atoms. The normalized spacial score (nSPS) is 11.1. The molecule has 0 saturated heterocycles. The summed E-state index contributed by atoms with van der Waals surface area (Å²) in [5, 5.41) is 8.66. The van der Waals surface area contributed by atoms with Crippen LogP contribution in [0.1, 0.15) is 26.7 Å². The summed E-state index contributed by atoms with van der Waals surface area (Å²) in [5.74, 6) is -0.901. The summed E-state index contributed by atoms with van der Waals surface area (Å²) >= 11 is 0. The molecule has 0 aromatic carbocycles. The summed E-state index contributed by atoms with van der Waals surface area (Å²) in [6.45, 7) is 3.44. The van der Waals surface area contributed by atoms with E-state index in [2.05, 4.69) is 4.98 Å². The average molecular weight is 225 g/mol. The molecule has 0 aliphatic carbocycles. The number of hydrogen-bond donors (Lipinski definition) is 2. The molecule has 0 atom stereocenters. The van der Waals surface area contributed by atoms with Crippen molar-refractivity contribution in [3.8, 4) is 5.75 Å². The highest BCUT2D eigenvalue weighted by molar-refractivity contribution is 5.74. The van der Waals surface area contributed by atoms with E-state index in [1.807, 2.05) is 0 Å². The van der Waals surface area contributed by atoms with Crippen LogP contribution >= 0.6 is 0 Å². The predicted molar refractivity (Wildman–Crippen MR) is 57.1 cm³/mol. The highest BCUT2D eigenvalue weighted by atomic mass is 16.5. The predicted octanol–water partition coefficient (Wildman–Crippen LogP) is 1.81. The number of H-pyrrole nitrogens is 1. The number of rotatable bonds is 5. The van der Waals surface area contributed by atoms with Crippen LogP contribution in [0, 0.1) is 5.41 Å². The van der Waals surface area contributed by atoms with Gasteiger partial charge in [0.2, 0.25) is 0 Å². The van der Waals surface area contributed by atoms with Crippen molar-refractivity contribution in [2.45, 2.75) is 26.7 Å². The van der Waals surface area contributed by atoms with Crippen LogP contribution in [0.5, 0.6) is 5.75 Å². The topological polar surface area (TPSA) is 79.4 Å². The van der Waals surface area contributed by atoms with Crippen LogP contribution in [-0.4, -0.2) is 22.0 Å². The van der Waals surface area contributed by atoms with Gasteiger partial charge in [-0.3, -0.25) is 9.59 Å². The summed E-state index contributed by atoms with van der Waals surface area (Å²) in [7, 11) is 0. The summed E-state index contributed by atoms with van der Waals surface area (Å²) in [4.78, 5) is 24.8. The van der Waals surface area contributed by atoms with E-state index in [0.717, 1.165) is 0 Å². The molecule has 0 saturated carbocycles. The van der Waals surface area contributed by atoms with Crippen LogP contribution in [0.15, 0.2) is 18.5 Å². The summed E-state index contributed by atoms with van der Waals surface area (Å²) < 4.78 is 5.01. The Labute approximate surface area is 93.4 Å². The molecule has 1 heterocycles. The van der Waals surface area contributed by atoms with Gasteiger partial charge in [0.05, 0.1) is 12.8 Å². The summed E-state index contributed by atoms with van der Waals surface area (Å²) in [6.07, 6.45) is 3.22. The second-order valence-corrected chi connectivity index (χ2v) is 4.43. The number of esters is 1. The first-order valence-corrected chi connectivity index (χ1v) is 4.94. The number of carbonyl (C=O) groups excluding carboxylic acids is 1. The average Bonchev–Trinajstić information content (AvgIpc) is 2.51. The highest BCUT2D eigenvalue weighted by Gasteiger charge is 2.26. The van der Waals surface area contributed by atoms with Crippen molar-refractivity contribution in [3.63, 3.8) is 0 Å². The van der Waals surface area contributed by atoms with Gasteiger partial charge in [-0.05, 0) is 11.5 Å². The van der Waals surface area contributed by atoms with Crippen LogP contribution in [0.25, 0.3) is 0 Å². The molecule has 0 radical (unpaired) electrons. The lowest BCUT2D eigenvalue weighted by Crippen LogP contribution is -2.23. The molecular formula is C11H15NO4. The molecule has 1 aromatic heterocycles. The lowest BCUT2D eigenvalue weighted by atomic mass is 9.86. The second-order valence-electron chi connectivity index (χ2n) is 4.43. The minimum Gasteiger partial charge on any atom is -0.481 e. The van der Waals surface area contributed by atoms with Gasteiger partial charge >= 0.3 is 11.9 Å². The largest absolute Gasteiger partial charge is 0.481 e. The van der Waals surface area contributed by atoms with Crippen molar-refractivity contribution in [1.29, 1.82) is 0 Å². The van der Waals surface area contributed by atoms with Crippen LogP contribution in [-0.2, 0) is 9.59 Å². The first kappa shape index (κ1) is 12.3. The fraction of sp³-hybridized carbons (Fsp3) is 0.455. The minimum absolute atomic E-state index is 0.0603. The van der Waals surface area contributed by atoms with Crippen molar-refractivity contribution in [2.24, 2.45) is 5.41 Å². The van der Waals surface area contributed by atoms with Crippen molar-refractivity contribution in [2.75, 3.05) is 0 Å². The molecule has 0 aliphatic rings. The van der Waals surface area contributed by atoms with Gasteiger partial charge in [-0.2, -0.15) is 0 Å². The molecule has 88 valence electrons. The summed E-state index contributed by atoms with van der Waals surface area (Å²) in [5.41, 5.74) is -0.598. The number of carboxylic acid groups (broad SMARTS) is 1. The molecular weight excluding hydrogens is 210 g/mol. The van der Waals surface area contributed by atoms with Gasteiger partial charge in [-0.1, -0.05) is 13.8 Å². The third kappa shape index (κ3) is 4.16. The third-order valence-corrected chi connectivity index (χ3v) is 2.05. The zero-order valence-electron chi connectivity index (χ0n) is 9.32. The molecule has 0 aliphatic heterocycles. The van der Waals surface area contributed by atoms with E-state index >= 15 is 0 Å². The summed E-state index contributed by atoms with van der Waals surface area (Å²) in [6, 6.07) is 1.63. The lowest BCUT2D eigenvalue weighted by molar-refractivity contribution is -0.141. The molecule has 0 amide bonds. The fourth-order valence-electron chi connectivity index (χ4n) is 1.40. The third-order valence-electron chi connectivity index (χ3n) is 2.05. The van der Waals surface area contributed by atoms with Gasteiger partial charge in [-0.25, -0.2) is 0 Å². The van der Waals surface area contributed by atoms with Crippen LogP contribution in [0.3, 0.4) is 0 Å². The molecule has 1 aromatic rings. The van der Waals surface area contributed by atoms with E-state index < -0.39 is 17.4 Å². The van der Waals surface area contributed by atoms with Crippen molar-refractivity contribution < 1.29 is 19.4 Å². The molecule has 0 spiro atoms. The molecule has 16 heavy (non-hydrogen) atoms. The number of carbonyl (C=O) groups is 2. The Balaban J connectivity index is 2.47. The van der Waals surface area contributed by atoms with Crippen molar-refractivity contribution in [3.05, 3.63) is 18.5 Å². The lowest BCUT2D eigenvalue weighted by Gasteiger charge is -2.20. The van der Waals surface area contributed by atoms with Crippen molar-refractivity contribution >= 4 is 11.9 Å². The van der Waals surface area contributed by atoms with E-state index in [1.165, 1.54) is 0 Å². The Bertz CT molecular complexity index is 367. The maximum absolute atomic E-state index is 11.5. The number of aromatic amines is 1. The second kappa shape index (κ2) is 4.83. The van der Waals surface area contributed by atoms with Crippen molar-refractivity contribution in [1.82, 2.24) is 4.98 Å². The van der Waals surface area contributed by atoms with E-state index in [-0.39, 0.29) is 12.8 Å². The zero-order valence-corrected chi connectivity index (χ0v) is 9.32. The Kier molecular flexibility index (Phi) is 3.71. The van der Waals surface area contributed by atoms with E-state index in [0.29, 0.717) is 5.75 Å². The molecule has 5 heteroatoms. The standard InChI is InChI=1S/C11H15NO4/c1-11(2,5-9(13)14)6-10(15)16-8-3-4-12-7-8/h3-4,7,12H,5-6H2,1-2H3,(H,13,14). The Morgan fingerprint density at radius 2 is 2.12 bits per heavy atom. The number of aromatic nitrogens is 1. The SMILES string of the molecule is CC(C)(CC(=O)O)CC(=O)Oc1cc[nH]c1. The van der Waals surface area contributed by atoms with Crippen LogP contribution in [0.2, 0.25) is 0 Å². The maximum atomic E-state index is 11.5. The number of aliphatic carboxylic acids is 1. The fourth-order valence-corrected chi connectivity index (χ4v) is 1.40. The molecule has 1 rings (SSSR count). The van der Waals surface area contributed by atoms with E-state index in [1.54, 1.807) is 32.3 Å². The minimum atomic E-state index is -0.917. The van der Waals surface area contributed by atoms with Gasteiger partial charge < -0.3 is 14.8 Å². The maximum Gasteiger partial charge on any atom is 0.311 e. The Hall–Kier alpha value is -1.78. The molecule has 0 unspecified atom stereocenters. The number of hydrogen-bond acceptors (Lipinski definition) is 3. The van der Waals surface area contributed by atoms with Gasteiger partial charge in [0.15, 0.2) is 0 Å². The number of carboxylic acids is 1. The monoisotopic (exact) mass is 225 g/mol. The molecule has 0 fully saturated rings. The van der Waals surface area contributed by atoms with Gasteiger partial charge in [0.1, 0.15) is 5.75 Å². The number of nitrogens with one attached hydrogen (secondary N) is 1. The van der Waals surface area contributed by atoms with Crippen LogP contribution < -0.4 is 4.74 Å². The van der Waals surface area contributed by atoms with E-state index in [9.17, 15) is 9.59 Å². The van der Waals surface area contributed by atoms with Gasteiger partial charge in [0.25, 0.3) is 0 Å². The smallest absolute Gasteiger partial charge is 0.311 e. The first-order valence-electron chi connectivity index (χ1n) is 4.94. The Morgan fingerprint density at radius 1 is 1.44 bits per heavy atom. The highest BCUT2D eigenvalue weighted by Crippen LogP contribution is 2.25. The zero-order chi connectivity index (χ0) is 12.2. The van der Waals surface area contributed by atoms with Gasteiger partial charge in [-0.15, -0.1) is 0 Å². The first-order chi connectivity index (χ1) is 7.39. The van der Waals surface area contributed by atoms with Gasteiger partial charge in [0, 0.05) is 12.4 Å².